The van der Waals surface area contributed by atoms with Crippen LogP contribution in [0.4, 0.5) is 17.3 Å². The van der Waals surface area contributed by atoms with Crippen molar-refractivity contribution in [2.24, 2.45) is 0 Å². The molecule has 210 valence electrons. The number of nitrogens with one attached hydrogen (secondary N) is 2. The van der Waals surface area contributed by atoms with E-state index in [2.05, 4.69) is 24.9 Å². The van der Waals surface area contributed by atoms with E-state index >= 15 is 0 Å². The van der Waals surface area contributed by atoms with Crippen LogP contribution in [-0.2, 0) is 10.0 Å². The van der Waals surface area contributed by atoms with Crippen molar-refractivity contribution < 1.29 is 22.7 Å². The summed E-state index contributed by atoms with van der Waals surface area (Å²) in [6, 6.07) is 18.4. The first-order valence-corrected chi connectivity index (χ1v) is 14.2. The van der Waals surface area contributed by atoms with Crippen molar-refractivity contribution >= 4 is 44.2 Å². The Morgan fingerprint density at radius 1 is 0.850 bits per heavy atom. The molecule has 2 N–H and O–H groups in total. The van der Waals surface area contributed by atoms with E-state index in [0.29, 0.717) is 40.2 Å². The van der Waals surface area contributed by atoms with Gasteiger partial charge >= 0.3 is 0 Å². The van der Waals surface area contributed by atoms with Gasteiger partial charge in [-0.1, -0.05) is 24.3 Å². The number of aromatic nitrogens is 2. The molecule has 0 saturated heterocycles. The molecule has 0 amide bonds. The van der Waals surface area contributed by atoms with Crippen molar-refractivity contribution in [1.29, 1.82) is 0 Å². The van der Waals surface area contributed by atoms with Crippen molar-refractivity contribution in [2.75, 3.05) is 44.9 Å². The molecular formula is C29H33N5O5S. The second-order valence-corrected chi connectivity index (χ2v) is 11.1. The van der Waals surface area contributed by atoms with Crippen LogP contribution in [0.25, 0.3) is 11.0 Å². The molecule has 11 heteroatoms. The lowest BCUT2D eigenvalue weighted by Crippen LogP contribution is -2.16. The highest BCUT2D eigenvalue weighted by Crippen LogP contribution is 2.31. The number of ketones is 1. The Bertz CT molecular complexity index is 1590. The van der Waals surface area contributed by atoms with Crippen LogP contribution < -0.4 is 19.5 Å². The Morgan fingerprint density at radius 3 is 2.12 bits per heavy atom. The van der Waals surface area contributed by atoms with Gasteiger partial charge in [-0.3, -0.25) is 9.52 Å². The second kappa shape index (κ2) is 12.8. The predicted molar refractivity (Wildman–Crippen MR) is 156 cm³/mol. The summed E-state index contributed by atoms with van der Waals surface area (Å²) in [6.45, 7) is 0.886. The summed E-state index contributed by atoms with van der Waals surface area (Å²) in [6.07, 6.45) is 1.95. The Morgan fingerprint density at radius 2 is 1.50 bits per heavy atom. The van der Waals surface area contributed by atoms with Crippen molar-refractivity contribution in [3.63, 3.8) is 0 Å². The van der Waals surface area contributed by atoms with Gasteiger partial charge in [-0.25, -0.2) is 18.4 Å². The number of unbranched alkanes of at least 4 members (excludes halogenated alkanes) is 1. The molecule has 3 aromatic carbocycles. The highest BCUT2D eigenvalue weighted by atomic mass is 32.2. The number of anilines is 3. The summed E-state index contributed by atoms with van der Waals surface area (Å²) in [7, 11) is 2.93. The molecule has 0 bridgehead atoms. The molecular weight excluding hydrogens is 530 g/mol. The number of sulfonamides is 1. The summed E-state index contributed by atoms with van der Waals surface area (Å²) in [5.74, 6) is 1.17. The van der Waals surface area contributed by atoms with Gasteiger partial charge in [0.25, 0.3) is 10.0 Å². The first kappa shape index (κ1) is 28.8. The fraction of sp³-hybridized carbons (Fsp3) is 0.276. The number of para-hydroxylation sites is 2. The number of Topliss-reactive ketones (excluding diaryl/α,β-unsaturated/α-hetero) is 1. The third-order valence-corrected chi connectivity index (χ3v) is 7.48. The number of nitrogens with zero attached hydrogens (tertiary/aromatic N) is 3. The van der Waals surface area contributed by atoms with Gasteiger partial charge in [0.2, 0.25) is 0 Å². The minimum atomic E-state index is -4.12. The maximum atomic E-state index is 13.5. The molecule has 0 aliphatic carbocycles. The molecule has 10 nitrogen and oxygen atoms in total. The lowest BCUT2D eigenvalue weighted by molar-refractivity contribution is 0.0978. The van der Waals surface area contributed by atoms with Crippen molar-refractivity contribution in [3.8, 4) is 11.5 Å². The Kier molecular flexibility index (Phi) is 9.18. The van der Waals surface area contributed by atoms with Gasteiger partial charge in [-0.05, 0) is 57.7 Å². The van der Waals surface area contributed by atoms with Crippen molar-refractivity contribution in [1.82, 2.24) is 14.9 Å². The number of carbonyl (C=O) groups excluding carboxylic acids is 1. The van der Waals surface area contributed by atoms with Crippen LogP contribution in [0.15, 0.2) is 71.6 Å². The normalized spacial score (nSPS) is 11.4. The fourth-order valence-electron chi connectivity index (χ4n) is 4.06. The van der Waals surface area contributed by atoms with E-state index in [9.17, 15) is 13.2 Å². The monoisotopic (exact) mass is 563 g/mol. The molecule has 1 aromatic heterocycles. The molecule has 0 fully saturated rings. The number of methoxy groups -OCH3 is 2. The van der Waals surface area contributed by atoms with Crippen molar-refractivity contribution in [2.45, 2.75) is 24.2 Å². The highest BCUT2D eigenvalue weighted by molar-refractivity contribution is 7.92. The molecule has 0 unspecified atom stereocenters. The topological polar surface area (TPSA) is 123 Å². The van der Waals surface area contributed by atoms with Crippen molar-refractivity contribution in [3.05, 3.63) is 72.3 Å². The number of rotatable bonds is 13. The number of carbonyl (C=O) groups is 1. The Hall–Kier alpha value is -4.22. The largest absolute Gasteiger partial charge is 0.497 e. The third-order valence-electron chi connectivity index (χ3n) is 6.14. The van der Waals surface area contributed by atoms with Crippen LogP contribution in [0.2, 0.25) is 0 Å². The smallest absolute Gasteiger partial charge is 0.263 e. The van der Waals surface area contributed by atoms with E-state index in [0.717, 1.165) is 19.4 Å². The molecule has 1 heterocycles. The van der Waals surface area contributed by atoms with Crippen LogP contribution in [0.1, 0.15) is 29.6 Å². The summed E-state index contributed by atoms with van der Waals surface area (Å²) in [4.78, 5) is 23.9. The second-order valence-electron chi connectivity index (χ2n) is 9.45. The van der Waals surface area contributed by atoms with Gasteiger partial charge in [-0.2, -0.15) is 0 Å². The van der Waals surface area contributed by atoms with Crippen LogP contribution in [-0.4, -0.2) is 63.9 Å². The molecule has 0 aliphatic heterocycles. The van der Waals surface area contributed by atoms with Crippen LogP contribution in [0, 0.1) is 0 Å². The lowest BCUT2D eigenvalue weighted by atomic mass is 10.1. The van der Waals surface area contributed by atoms with Gasteiger partial charge in [-0.15, -0.1) is 0 Å². The minimum absolute atomic E-state index is 0.000835. The molecule has 0 radical (unpaired) electrons. The summed E-state index contributed by atoms with van der Waals surface area (Å²) < 4.78 is 40.2. The van der Waals surface area contributed by atoms with Gasteiger partial charge in [0.15, 0.2) is 17.4 Å². The molecule has 0 spiro atoms. The fourth-order valence-corrected chi connectivity index (χ4v) is 5.11. The standard InChI is InChI=1S/C29H33N5O5S/c1-34(2)15-8-7-14-27(35)20-10-9-11-24(16-20)40(36,37)33-29-28(31-25-12-5-6-13-26(25)32-29)30-21-17-22(38-3)19-23(18-21)39-4/h5-6,9-13,16-19H,7-8,14-15H2,1-4H3,(H,30,31)(H,32,33). The molecule has 4 aromatic rings. The van der Waals surface area contributed by atoms with E-state index in [1.54, 1.807) is 48.5 Å². The zero-order chi connectivity index (χ0) is 28.7. The lowest BCUT2D eigenvalue weighted by Gasteiger charge is -2.15. The zero-order valence-electron chi connectivity index (χ0n) is 23.0. The number of hydrogen-bond acceptors (Lipinski definition) is 9. The number of benzene rings is 3. The van der Waals surface area contributed by atoms with Gasteiger partial charge in [0, 0.05) is 35.9 Å². The Labute approximate surface area is 234 Å². The van der Waals surface area contributed by atoms with Crippen LogP contribution in [0.5, 0.6) is 11.5 Å². The maximum Gasteiger partial charge on any atom is 0.263 e. The SMILES string of the molecule is COc1cc(Nc2nc3ccccc3nc2NS(=O)(=O)c2cccc(C(=O)CCCCN(C)C)c2)cc(OC)c1. The van der Waals surface area contributed by atoms with E-state index in [1.165, 1.54) is 26.4 Å². The Balaban J connectivity index is 1.64. The van der Waals surface area contributed by atoms with E-state index in [1.807, 2.05) is 20.2 Å². The summed E-state index contributed by atoms with van der Waals surface area (Å²) >= 11 is 0. The maximum absolute atomic E-state index is 13.5. The zero-order valence-corrected chi connectivity index (χ0v) is 23.8. The molecule has 0 atom stereocenters. The quantitative estimate of drug-likeness (QED) is 0.169. The number of hydrogen-bond donors (Lipinski definition) is 2. The highest BCUT2D eigenvalue weighted by Gasteiger charge is 2.21. The first-order valence-electron chi connectivity index (χ1n) is 12.8. The van der Waals surface area contributed by atoms with Gasteiger partial charge < -0.3 is 19.7 Å². The van der Waals surface area contributed by atoms with E-state index in [4.69, 9.17) is 9.47 Å². The third kappa shape index (κ3) is 7.25. The minimum Gasteiger partial charge on any atom is -0.497 e. The summed E-state index contributed by atoms with van der Waals surface area (Å²) in [5.41, 5.74) is 1.99. The van der Waals surface area contributed by atoms with Crippen LogP contribution >= 0.6 is 0 Å². The molecule has 0 aliphatic rings. The summed E-state index contributed by atoms with van der Waals surface area (Å²) in [5, 5.41) is 3.14. The molecule has 40 heavy (non-hydrogen) atoms. The average molecular weight is 564 g/mol. The first-order chi connectivity index (χ1) is 19.2. The van der Waals surface area contributed by atoms with E-state index < -0.39 is 10.0 Å². The predicted octanol–water partition coefficient (Wildman–Crippen LogP) is 5.11. The molecule has 0 saturated carbocycles. The van der Waals surface area contributed by atoms with Gasteiger partial charge in [0.05, 0.1) is 30.1 Å². The number of fused-ring (bicyclic) bond motifs is 1. The molecule has 4 rings (SSSR count). The van der Waals surface area contributed by atoms with Gasteiger partial charge in [0.1, 0.15) is 11.5 Å². The number of ether oxygens (including phenoxy) is 2. The van der Waals surface area contributed by atoms with E-state index in [-0.39, 0.29) is 22.3 Å². The average Bonchev–Trinajstić information content (AvgIpc) is 2.95. The van der Waals surface area contributed by atoms with Crippen LogP contribution in [0.3, 0.4) is 0 Å².